The number of aromatic nitrogens is 4. The van der Waals surface area contributed by atoms with Crippen molar-refractivity contribution in [2.45, 2.75) is 39.9 Å². The Balaban J connectivity index is 0.000000210. The van der Waals surface area contributed by atoms with Gasteiger partial charge in [-0.1, -0.05) is 22.7 Å². The summed E-state index contributed by atoms with van der Waals surface area (Å²) in [5, 5.41) is 5.38. The van der Waals surface area contributed by atoms with Crippen LogP contribution in [0.1, 0.15) is 27.7 Å². The zero-order chi connectivity index (χ0) is 32.5. The summed E-state index contributed by atoms with van der Waals surface area (Å²) in [5.41, 5.74) is 1.15. The lowest BCUT2D eigenvalue weighted by Crippen LogP contribution is -2.49. The van der Waals surface area contributed by atoms with Crippen LogP contribution in [0.15, 0.2) is 33.5 Å². The first kappa shape index (κ1) is 38.4. The van der Waals surface area contributed by atoms with Crippen LogP contribution in [-0.4, -0.2) is 101 Å². The molecule has 0 aliphatic carbocycles. The molecule has 1 amide bonds. The molecule has 1 N–H and O–H groups in total. The Labute approximate surface area is 303 Å². The smallest absolute Gasteiger partial charge is 0.410 e. The number of nitrogens with zero attached hydrogens (tertiary/aromatic N) is 7. The van der Waals surface area contributed by atoms with E-state index in [1.807, 2.05) is 38.1 Å². The first-order chi connectivity index (χ1) is 21.5. The average molecular weight is 843 g/mol. The fraction of sp³-hybridized carbons (Fsp3) is 0.500. The van der Waals surface area contributed by atoms with Gasteiger partial charge in [0.05, 0.1) is 12.2 Å². The molecule has 2 fully saturated rings. The number of hydrogen-bond donors (Lipinski definition) is 1. The number of ether oxygens (including phenoxy) is 2. The summed E-state index contributed by atoms with van der Waals surface area (Å²) >= 11 is 14.8. The van der Waals surface area contributed by atoms with Gasteiger partial charge in [0.1, 0.15) is 29.9 Å². The summed E-state index contributed by atoms with van der Waals surface area (Å²) in [6.07, 6.45) is -0.422. The largest absolute Gasteiger partial charge is 0.451 e. The van der Waals surface area contributed by atoms with Gasteiger partial charge in [-0.15, -0.1) is 12.4 Å². The Hall–Kier alpha value is -2.08. The van der Waals surface area contributed by atoms with E-state index in [1.54, 1.807) is 41.4 Å². The fourth-order valence-corrected chi connectivity index (χ4v) is 7.25. The van der Waals surface area contributed by atoms with Gasteiger partial charge in [-0.05, 0) is 83.8 Å². The second-order valence-corrected chi connectivity index (χ2v) is 14.3. The molecular formula is C28H36Br2Cl2N8O4S2. The van der Waals surface area contributed by atoms with E-state index in [-0.39, 0.29) is 30.7 Å². The minimum absolute atomic E-state index is 0. The maximum absolute atomic E-state index is 11.9. The van der Waals surface area contributed by atoms with Gasteiger partial charge in [-0.25, -0.2) is 29.5 Å². The lowest BCUT2D eigenvalue weighted by molar-refractivity contribution is 0.0751. The molecule has 46 heavy (non-hydrogen) atoms. The molecule has 2 aliphatic heterocycles. The van der Waals surface area contributed by atoms with Crippen LogP contribution in [0.25, 0.3) is 20.7 Å². The Bertz CT molecular complexity index is 1580. The molecule has 4 aromatic heterocycles. The highest BCUT2D eigenvalue weighted by Gasteiger charge is 2.24. The molecule has 0 aromatic carbocycles. The van der Waals surface area contributed by atoms with Crippen molar-refractivity contribution in [3.63, 3.8) is 0 Å². The van der Waals surface area contributed by atoms with E-state index in [4.69, 9.17) is 16.3 Å². The minimum atomic E-state index is -0.741. The van der Waals surface area contributed by atoms with Crippen LogP contribution < -0.4 is 15.1 Å². The Kier molecular flexibility index (Phi) is 15.4. The molecular weight excluding hydrogens is 807 g/mol. The van der Waals surface area contributed by atoms with E-state index in [0.717, 1.165) is 79.4 Å². The first-order valence-electron chi connectivity index (χ1n) is 14.4. The van der Waals surface area contributed by atoms with Crippen molar-refractivity contribution in [1.82, 2.24) is 30.2 Å². The maximum Gasteiger partial charge on any atom is 0.410 e. The molecule has 0 spiro atoms. The standard InChI is InChI=1S/C14H17BrN4O2S.C10H11BrN4S.C4H7ClO2.ClH/c1-9(2)21-14(20)19-7-5-18(6-8-19)13-16-10-3-4-11(15)17-12(10)22-13;11-8-2-1-7-9(14-8)16-10(13-7)15-5-3-12-4-6-15;1-3(2)7-4(5)6;/h3-4,9H,5-8H2,1-2H3;1-2,12H,3-6H2;3H,1-2H3;1H. The van der Waals surface area contributed by atoms with Gasteiger partial charge in [-0.3, -0.25) is 0 Å². The van der Waals surface area contributed by atoms with Crippen LogP contribution in [0.4, 0.5) is 19.9 Å². The van der Waals surface area contributed by atoms with Crippen molar-refractivity contribution < 1.29 is 19.1 Å². The first-order valence-corrected chi connectivity index (χ1v) is 18.0. The molecule has 0 radical (unpaired) electrons. The van der Waals surface area contributed by atoms with E-state index >= 15 is 0 Å². The van der Waals surface area contributed by atoms with Crippen LogP contribution in [0.5, 0.6) is 0 Å². The monoisotopic (exact) mass is 840 g/mol. The molecule has 4 aromatic rings. The van der Waals surface area contributed by atoms with Crippen molar-refractivity contribution in [2.24, 2.45) is 0 Å². The minimum Gasteiger partial charge on any atom is -0.451 e. The molecule has 6 rings (SSSR count). The van der Waals surface area contributed by atoms with E-state index in [0.29, 0.717) is 13.1 Å². The zero-order valence-electron chi connectivity index (χ0n) is 25.7. The van der Waals surface area contributed by atoms with Crippen molar-refractivity contribution >= 4 is 121 Å². The summed E-state index contributed by atoms with van der Waals surface area (Å²) in [4.78, 5) is 48.0. The number of anilines is 2. The van der Waals surface area contributed by atoms with E-state index in [2.05, 4.69) is 71.6 Å². The fourth-order valence-electron chi connectivity index (χ4n) is 4.23. The topological polar surface area (TPSA) is 126 Å². The molecule has 18 heteroatoms. The third-order valence-corrected chi connectivity index (χ3v) is 9.31. The van der Waals surface area contributed by atoms with Gasteiger partial charge in [0.25, 0.3) is 0 Å². The van der Waals surface area contributed by atoms with Crippen LogP contribution >= 0.6 is 78.5 Å². The van der Waals surface area contributed by atoms with Gasteiger partial charge in [0.15, 0.2) is 10.3 Å². The highest BCUT2D eigenvalue weighted by Crippen LogP contribution is 2.30. The number of hydrogen-bond acceptors (Lipinski definition) is 13. The van der Waals surface area contributed by atoms with Crippen molar-refractivity contribution in [3.8, 4) is 0 Å². The normalized spacial score (nSPS) is 14.8. The van der Waals surface area contributed by atoms with E-state index < -0.39 is 5.43 Å². The molecule has 0 unspecified atom stereocenters. The number of piperazine rings is 2. The van der Waals surface area contributed by atoms with Crippen LogP contribution in [0, 0.1) is 0 Å². The number of pyridine rings is 2. The summed E-state index contributed by atoms with van der Waals surface area (Å²) in [5.74, 6) is 0. The number of fused-ring (bicyclic) bond motifs is 2. The van der Waals surface area contributed by atoms with Gasteiger partial charge >= 0.3 is 11.5 Å². The molecule has 6 heterocycles. The van der Waals surface area contributed by atoms with Gasteiger partial charge in [0.2, 0.25) is 0 Å². The third-order valence-electron chi connectivity index (χ3n) is 6.28. The lowest BCUT2D eigenvalue weighted by atomic mass is 10.3. The molecule has 252 valence electrons. The second kappa shape index (κ2) is 18.5. The Morgan fingerprint density at radius 1 is 0.761 bits per heavy atom. The number of carbonyl (C=O) groups excluding carboxylic acids is 2. The average Bonchev–Trinajstić information content (AvgIpc) is 3.61. The molecule has 0 bridgehead atoms. The van der Waals surface area contributed by atoms with Crippen LogP contribution in [-0.2, 0) is 9.47 Å². The Morgan fingerprint density at radius 3 is 1.63 bits per heavy atom. The predicted octanol–water partition coefficient (Wildman–Crippen LogP) is 7.18. The molecule has 12 nitrogen and oxygen atoms in total. The molecule has 0 saturated carbocycles. The molecule has 2 saturated heterocycles. The molecule has 2 aliphatic rings. The summed E-state index contributed by atoms with van der Waals surface area (Å²) in [6.45, 7) is 14.1. The summed E-state index contributed by atoms with van der Waals surface area (Å²) in [6, 6.07) is 7.80. The highest BCUT2D eigenvalue weighted by atomic mass is 79.9. The number of thiazole rings is 2. The quantitative estimate of drug-likeness (QED) is 0.166. The van der Waals surface area contributed by atoms with Crippen molar-refractivity contribution in [1.29, 1.82) is 0 Å². The van der Waals surface area contributed by atoms with E-state index in [1.165, 1.54) is 0 Å². The number of carbonyl (C=O) groups is 2. The summed E-state index contributed by atoms with van der Waals surface area (Å²) < 4.78 is 11.3. The predicted molar refractivity (Wildman–Crippen MR) is 195 cm³/mol. The number of amides is 1. The van der Waals surface area contributed by atoms with Crippen LogP contribution in [0.2, 0.25) is 0 Å². The third kappa shape index (κ3) is 11.6. The number of rotatable bonds is 4. The van der Waals surface area contributed by atoms with Crippen molar-refractivity contribution in [3.05, 3.63) is 33.5 Å². The van der Waals surface area contributed by atoms with Crippen LogP contribution in [0.3, 0.4) is 0 Å². The second-order valence-electron chi connectivity index (χ2n) is 10.5. The zero-order valence-corrected chi connectivity index (χ0v) is 32.1. The van der Waals surface area contributed by atoms with Gasteiger partial charge in [0, 0.05) is 64.0 Å². The lowest BCUT2D eigenvalue weighted by Gasteiger charge is -2.34. The highest BCUT2D eigenvalue weighted by molar-refractivity contribution is 9.10. The molecule has 0 atom stereocenters. The van der Waals surface area contributed by atoms with E-state index in [9.17, 15) is 9.59 Å². The number of nitrogens with one attached hydrogen (secondary N) is 1. The maximum atomic E-state index is 11.9. The van der Waals surface area contributed by atoms with Gasteiger partial charge < -0.3 is 29.5 Å². The number of halogens is 4. The van der Waals surface area contributed by atoms with Gasteiger partial charge in [-0.2, -0.15) is 0 Å². The SMILES string of the molecule is Brc1ccc2nc(N3CCNCC3)sc2n1.CC(C)OC(=O)Cl.CC(C)OC(=O)N1CCN(c2nc3ccc(Br)nc3s2)CC1.Cl. The summed E-state index contributed by atoms with van der Waals surface area (Å²) in [7, 11) is 0. The Morgan fingerprint density at radius 2 is 1.22 bits per heavy atom. The van der Waals surface area contributed by atoms with Crippen molar-refractivity contribution in [2.75, 3.05) is 62.2 Å².